The van der Waals surface area contributed by atoms with Crippen LogP contribution in [0.1, 0.15) is 22.4 Å². The van der Waals surface area contributed by atoms with E-state index in [1.165, 1.54) is 11.8 Å². The van der Waals surface area contributed by atoms with Crippen molar-refractivity contribution in [2.45, 2.75) is 13.5 Å². The Morgan fingerprint density at radius 3 is 2.54 bits per heavy atom. The summed E-state index contributed by atoms with van der Waals surface area (Å²) in [6.07, 6.45) is 1.98. The number of para-hydroxylation sites is 2. The Labute approximate surface area is 220 Å². The Kier molecular flexibility index (Phi) is 7.22. The number of fused-ring (bicyclic) bond motifs is 1. The number of methoxy groups -OCH3 is 1. The van der Waals surface area contributed by atoms with Crippen LogP contribution in [-0.2, 0) is 16.1 Å². The number of rotatable bonds is 7. The van der Waals surface area contributed by atoms with Crippen molar-refractivity contribution >= 4 is 45.5 Å². The predicted molar refractivity (Wildman–Crippen MR) is 150 cm³/mol. The van der Waals surface area contributed by atoms with E-state index in [9.17, 15) is 10.1 Å². The molecule has 6 nitrogen and oxygen atoms in total. The molecule has 0 saturated carbocycles. The summed E-state index contributed by atoms with van der Waals surface area (Å²) >= 11 is 1.38. The number of nitriles is 1. The highest BCUT2D eigenvalue weighted by Crippen LogP contribution is 2.37. The molecule has 7 heteroatoms. The minimum Gasteiger partial charge on any atom is -0.383 e. The van der Waals surface area contributed by atoms with E-state index in [0.717, 1.165) is 33.4 Å². The van der Waals surface area contributed by atoms with Crippen molar-refractivity contribution in [1.82, 2.24) is 9.47 Å². The van der Waals surface area contributed by atoms with E-state index >= 15 is 0 Å². The highest BCUT2D eigenvalue weighted by molar-refractivity contribution is 8.18. The topological polar surface area (TPSA) is 70.6 Å². The normalized spacial score (nSPS) is 15.7. The first-order valence-corrected chi connectivity index (χ1v) is 12.8. The average molecular weight is 507 g/mol. The number of benzene rings is 3. The molecule has 2 heterocycles. The Balaban J connectivity index is 1.57. The van der Waals surface area contributed by atoms with Crippen molar-refractivity contribution in [3.8, 4) is 6.07 Å². The molecule has 0 aliphatic carbocycles. The van der Waals surface area contributed by atoms with Crippen molar-refractivity contribution in [3.05, 3.63) is 106 Å². The lowest BCUT2D eigenvalue weighted by Gasteiger charge is -2.14. The zero-order valence-electron chi connectivity index (χ0n) is 20.7. The third-order valence-corrected chi connectivity index (χ3v) is 7.42. The molecule has 3 aromatic carbocycles. The SMILES string of the molecule is COCCN1C(=O)/C(=C/c2c(C)n(Cc3ccccc3C#N)c3ccccc23)SC1=Nc1ccccc1. The Bertz CT molecular complexity index is 1560. The summed E-state index contributed by atoms with van der Waals surface area (Å²) in [4.78, 5) is 20.6. The molecule has 1 aliphatic rings. The molecule has 1 fully saturated rings. The molecule has 0 radical (unpaired) electrons. The van der Waals surface area contributed by atoms with Crippen LogP contribution in [-0.4, -0.2) is 40.8 Å². The largest absolute Gasteiger partial charge is 0.383 e. The van der Waals surface area contributed by atoms with Gasteiger partial charge in [-0.1, -0.05) is 54.6 Å². The quantitative estimate of drug-likeness (QED) is 0.283. The van der Waals surface area contributed by atoms with Crippen molar-refractivity contribution in [2.75, 3.05) is 20.3 Å². The molecule has 1 saturated heterocycles. The maximum atomic E-state index is 13.5. The lowest BCUT2D eigenvalue weighted by Crippen LogP contribution is -2.32. The van der Waals surface area contributed by atoms with Crippen LogP contribution >= 0.6 is 11.8 Å². The van der Waals surface area contributed by atoms with Gasteiger partial charge in [-0.25, -0.2) is 4.99 Å². The van der Waals surface area contributed by atoms with Gasteiger partial charge in [0, 0.05) is 35.8 Å². The smallest absolute Gasteiger partial charge is 0.266 e. The summed E-state index contributed by atoms with van der Waals surface area (Å²) in [6.45, 7) is 3.48. The van der Waals surface area contributed by atoms with E-state index in [-0.39, 0.29) is 5.91 Å². The zero-order chi connectivity index (χ0) is 25.8. The summed E-state index contributed by atoms with van der Waals surface area (Å²) in [5.74, 6) is -0.0808. The standard InChI is InChI=1S/C30H26N4O2S/c1-21-26(25-14-8-9-15-27(25)34(21)20-23-11-7-6-10-22(23)19-31)18-28-29(35)33(16-17-36-2)30(37-28)32-24-12-4-3-5-13-24/h3-15,18H,16-17,20H2,1-2H3/b28-18-,32-30?. The molecule has 1 aliphatic heterocycles. The number of amidine groups is 1. The Morgan fingerprint density at radius 2 is 1.76 bits per heavy atom. The van der Waals surface area contributed by atoms with E-state index in [4.69, 9.17) is 9.73 Å². The minimum absolute atomic E-state index is 0.0808. The number of nitrogens with zero attached hydrogens (tertiary/aromatic N) is 4. The summed E-state index contributed by atoms with van der Waals surface area (Å²) in [7, 11) is 1.63. The first-order valence-electron chi connectivity index (χ1n) is 12.0. The van der Waals surface area contributed by atoms with Gasteiger partial charge in [-0.2, -0.15) is 5.26 Å². The van der Waals surface area contributed by atoms with Crippen molar-refractivity contribution in [2.24, 2.45) is 4.99 Å². The molecule has 0 atom stereocenters. The van der Waals surface area contributed by atoms with Crippen LogP contribution in [0.15, 0.2) is 88.8 Å². The second-order valence-corrected chi connectivity index (χ2v) is 9.67. The van der Waals surface area contributed by atoms with Gasteiger partial charge < -0.3 is 9.30 Å². The van der Waals surface area contributed by atoms with Gasteiger partial charge in [-0.05, 0) is 54.6 Å². The van der Waals surface area contributed by atoms with Gasteiger partial charge in [-0.3, -0.25) is 9.69 Å². The lowest BCUT2D eigenvalue weighted by atomic mass is 10.1. The maximum absolute atomic E-state index is 13.5. The highest BCUT2D eigenvalue weighted by atomic mass is 32.2. The predicted octanol–water partition coefficient (Wildman–Crippen LogP) is 6.12. The van der Waals surface area contributed by atoms with Crippen LogP contribution in [0.3, 0.4) is 0 Å². The molecule has 5 rings (SSSR count). The van der Waals surface area contributed by atoms with E-state index in [1.54, 1.807) is 12.0 Å². The molecular weight excluding hydrogens is 480 g/mol. The molecular formula is C30H26N4O2S. The molecule has 0 unspecified atom stereocenters. The van der Waals surface area contributed by atoms with E-state index in [1.807, 2.05) is 72.8 Å². The number of aromatic nitrogens is 1. The summed E-state index contributed by atoms with van der Waals surface area (Å²) in [5.41, 5.74) is 5.51. The molecule has 184 valence electrons. The van der Waals surface area contributed by atoms with Gasteiger partial charge in [0.25, 0.3) is 5.91 Å². The van der Waals surface area contributed by atoms with Crippen LogP contribution in [0.2, 0.25) is 0 Å². The van der Waals surface area contributed by atoms with E-state index in [2.05, 4.69) is 29.7 Å². The van der Waals surface area contributed by atoms with Crippen LogP contribution < -0.4 is 0 Å². The number of hydrogen-bond acceptors (Lipinski definition) is 5. The summed E-state index contributed by atoms with van der Waals surface area (Å²) in [5, 5.41) is 11.3. The number of hydrogen-bond donors (Lipinski definition) is 0. The third-order valence-electron chi connectivity index (χ3n) is 6.41. The second-order valence-electron chi connectivity index (χ2n) is 8.66. The fourth-order valence-corrected chi connectivity index (χ4v) is 5.50. The molecule has 4 aromatic rings. The highest BCUT2D eigenvalue weighted by Gasteiger charge is 2.33. The first-order chi connectivity index (χ1) is 18.1. The van der Waals surface area contributed by atoms with Crippen LogP contribution in [0.25, 0.3) is 17.0 Å². The van der Waals surface area contributed by atoms with Gasteiger partial charge in [0.15, 0.2) is 5.17 Å². The Morgan fingerprint density at radius 1 is 1.03 bits per heavy atom. The molecule has 0 N–H and O–H groups in total. The molecule has 0 bridgehead atoms. The number of thioether (sulfide) groups is 1. The van der Waals surface area contributed by atoms with Gasteiger partial charge in [0.1, 0.15) is 0 Å². The second kappa shape index (κ2) is 10.9. The number of ether oxygens (including phenoxy) is 1. The third kappa shape index (κ3) is 4.94. The molecule has 37 heavy (non-hydrogen) atoms. The van der Waals surface area contributed by atoms with Crippen molar-refractivity contribution in [3.63, 3.8) is 0 Å². The zero-order valence-corrected chi connectivity index (χ0v) is 21.5. The number of amides is 1. The minimum atomic E-state index is -0.0808. The fourth-order valence-electron chi connectivity index (χ4n) is 4.50. The van der Waals surface area contributed by atoms with Gasteiger partial charge in [0.2, 0.25) is 0 Å². The number of carbonyl (C=O) groups excluding carboxylic acids is 1. The number of aliphatic imine (C=N–C) groups is 1. The van der Waals surface area contributed by atoms with E-state index in [0.29, 0.717) is 35.3 Å². The van der Waals surface area contributed by atoms with Crippen LogP contribution in [0.5, 0.6) is 0 Å². The summed E-state index contributed by atoms with van der Waals surface area (Å²) < 4.78 is 7.47. The monoisotopic (exact) mass is 506 g/mol. The first kappa shape index (κ1) is 24.6. The fraction of sp³-hybridized carbons (Fsp3) is 0.167. The van der Waals surface area contributed by atoms with E-state index < -0.39 is 0 Å². The molecule has 1 aromatic heterocycles. The molecule has 0 spiro atoms. The van der Waals surface area contributed by atoms with Crippen molar-refractivity contribution < 1.29 is 9.53 Å². The van der Waals surface area contributed by atoms with Crippen LogP contribution in [0.4, 0.5) is 5.69 Å². The maximum Gasteiger partial charge on any atom is 0.266 e. The Hall–Kier alpha value is -4.12. The van der Waals surface area contributed by atoms with Gasteiger partial charge in [0.05, 0.1) is 35.4 Å². The average Bonchev–Trinajstić information content (AvgIpc) is 3.36. The lowest BCUT2D eigenvalue weighted by molar-refractivity contribution is -0.122. The van der Waals surface area contributed by atoms with Crippen LogP contribution in [0, 0.1) is 18.3 Å². The van der Waals surface area contributed by atoms with Crippen molar-refractivity contribution in [1.29, 1.82) is 5.26 Å². The molecule has 1 amide bonds. The van der Waals surface area contributed by atoms with Gasteiger partial charge >= 0.3 is 0 Å². The summed E-state index contributed by atoms with van der Waals surface area (Å²) in [6, 6.07) is 27.8. The van der Waals surface area contributed by atoms with Gasteiger partial charge in [-0.15, -0.1) is 0 Å². The number of carbonyl (C=O) groups is 1.